The molecule has 0 saturated carbocycles. The number of rotatable bonds is 4. The lowest BCUT2D eigenvalue weighted by Gasteiger charge is -2.30. The highest BCUT2D eigenvalue weighted by molar-refractivity contribution is 6.06. The molecule has 1 heterocycles. The Bertz CT molecular complexity index is 669. The Kier molecular flexibility index (Phi) is 4.78. The van der Waals surface area contributed by atoms with Crippen LogP contribution in [0.1, 0.15) is 33.6 Å². The van der Waals surface area contributed by atoms with Crippen molar-refractivity contribution in [3.63, 3.8) is 0 Å². The Morgan fingerprint density at radius 3 is 2.52 bits per heavy atom. The molecule has 0 aromatic heterocycles. The number of aldehydes is 1. The fourth-order valence-electron chi connectivity index (χ4n) is 2.50. The summed E-state index contributed by atoms with van der Waals surface area (Å²) in [6.07, 6.45) is 1.09. The van der Waals surface area contributed by atoms with Gasteiger partial charge in [0, 0.05) is 38.8 Å². The van der Waals surface area contributed by atoms with Crippen molar-refractivity contribution in [1.29, 1.82) is 0 Å². The van der Waals surface area contributed by atoms with Gasteiger partial charge in [-0.15, -0.1) is 0 Å². The van der Waals surface area contributed by atoms with Gasteiger partial charge in [-0.2, -0.15) is 0 Å². The van der Waals surface area contributed by atoms with E-state index < -0.39 is 17.9 Å². The maximum absolute atomic E-state index is 12.6. The second-order valence-electron chi connectivity index (χ2n) is 5.67. The molecule has 1 aromatic rings. The number of likely N-dealkylation sites (N-methyl/N-ethyl adjacent to an activating group) is 1. The van der Waals surface area contributed by atoms with Gasteiger partial charge in [-0.1, -0.05) is 0 Å². The third kappa shape index (κ3) is 3.39. The summed E-state index contributed by atoms with van der Waals surface area (Å²) in [4.78, 5) is 50.1. The van der Waals surface area contributed by atoms with Crippen molar-refractivity contribution in [3.8, 4) is 0 Å². The fraction of sp³-hybridized carbons (Fsp3) is 0.375. The Labute approximate surface area is 134 Å². The minimum Gasteiger partial charge on any atom is -0.378 e. The molecule has 3 amide bonds. The van der Waals surface area contributed by atoms with Gasteiger partial charge >= 0.3 is 0 Å². The van der Waals surface area contributed by atoms with Crippen molar-refractivity contribution in [2.75, 3.05) is 26.0 Å². The zero-order valence-corrected chi connectivity index (χ0v) is 13.3. The van der Waals surface area contributed by atoms with Gasteiger partial charge in [0.25, 0.3) is 5.91 Å². The van der Waals surface area contributed by atoms with E-state index in [9.17, 15) is 19.2 Å². The van der Waals surface area contributed by atoms with Crippen LogP contribution in [0.15, 0.2) is 18.2 Å². The van der Waals surface area contributed by atoms with Gasteiger partial charge in [0.15, 0.2) is 6.29 Å². The summed E-state index contributed by atoms with van der Waals surface area (Å²) < 4.78 is 0. The number of nitrogens with zero attached hydrogens (tertiary/aromatic N) is 2. The number of imide groups is 1. The minimum absolute atomic E-state index is 0.189. The molecule has 0 spiro atoms. The number of carbonyl (C=O) groups excluding carboxylic acids is 4. The van der Waals surface area contributed by atoms with Gasteiger partial charge in [-0.05, 0) is 24.6 Å². The first-order valence-corrected chi connectivity index (χ1v) is 7.22. The number of piperidine rings is 1. The lowest BCUT2D eigenvalue weighted by atomic mass is 10.0. The largest absolute Gasteiger partial charge is 0.378 e. The molecule has 1 saturated heterocycles. The standard InChI is InChI=1S/C16H19N3O4/c1-18(2)11-4-5-12(10(8-11)9-20)16(23)19(3)13-6-7-14(21)17-15(13)22/h4-5,8-9,13H,6-7H2,1-3H3,(H,17,21,22). The van der Waals surface area contributed by atoms with Crippen molar-refractivity contribution < 1.29 is 19.2 Å². The third-order valence-corrected chi connectivity index (χ3v) is 3.91. The highest BCUT2D eigenvalue weighted by Crippen LogP contribution is 2.20. The van der Waals surface area contributed by atoms with Crippen LogP contribution in [0.3, 0.4) is 0 Å². The molecule has 1 aliphatic heterocycles. The zero-order chi connectivity index (χ0) is 17.1. The van der Waals surface area contributed by atoms with Crippen LogP contribution in [-0.4, -0.2) is 56.1 Å². The van der Waals surface area contributed by atoms with Gasteiger partial charge in [0.05, 0.1) is 5.56 Å². The molecule has 1 unspecified atom stereocenters. The lowest BCUT2D eigenvalue weighted by Crippen LogP contribution is -2.53. The van der Waals surface area contributed by atoms with Crippen molar-refractivity contribution in [1.82, 2.24) is 10.2 Å². The van der Waals surface area contributed by atoms with Gasteiger partial charge < -0.3 is 9.80 Å². The summed E-state index contributed by atoms with van der Waals surface area (Å²) in [5.74, 6) is -1.25. The summed E-state index contributed by atoms with van der Waals surface area (Å²) in [6.45, 7) is 0. The number of benzene rings is 1. The minimum atomic E-state index is -0.715. The predicted octanol–water partition coefficient (Wildman–Crippen LogP) is 0.442. The van der Waals surface area contributed by atoms with E-state index in [0.29, 0.717) is 6.29 Å². The number of carbonyl (C=O) groups is 4. The highest BCUT2D eigenvalue weighted by atomic mass is 16.2. The molecular weight excluding hydrogens is 298 g/mol. The summed E-state index contributed by atoms with van der Waals surface area (Å²) in [6, 6.07) is 4.22. The molecule has 7 nitrogen and oxygen atoms in total. The number of hydrogen-bond acceptors (Lipinski definition) is 5. The molecule has 122 valence electrons. The second-order valence-corrected chi connectivity index (χ2v) is 5.67. The average Bonchev–Trinajstić information content (AvgIpc) is 2.52. The van der Waals surface area contributed by atoms with E-state index in [4.69, 9.17) is 0 Å². The lowest BCUT2D eigenvalue weighted by molar-refractivity contribution is -0.136. The highest BCUT2D eigenvalue weighted by Gasteiger charge is 2.33. The first-order valence-electron chi connectivity index (χ1n) is 7.22. The van der Waals surface area contributed by atoms with Crippen LogP contribution < -0.4 is 10.2 Å². The Morgan fingerprint density at radius 1 is 1.26 bits per heavy atom. The van der Waals surface area contributed by atoms with Gasteiger partial charge in [-0.3, -0.25) is 24.5 Å². The summed E-state index contributed by atoms with van der Waals surface area (Å²) in [7, 11) is 5.17. The normalized spacial score (nSPS) is 17.4. The molecule has 7 heteroatoms. The van der Waals surface area contributed by atoms with Crippen LogP contribution in [0.4, 0.5) is 5.69 Å². The van der Waals surface area contributed by atoms with E-state index in [-0.39, 0.29) is 29.9 Å². The number of nitrogens with one attached hydrogen (secondary N) is 1. The fourth-order valence-corrected chi connectivity index (χ4v) is 2.50. The molecule has 0 bridgehead atoms. The molecular formula is C16H19N3O4. The third-order valence-electron chi connectivity index (χ3n) is 3.91. The van der Waals surface area contributed by atoms with Crippen LogP contribution in [0.2, 0.25) is 0 Å². The van der Waals surface area contributed by atoms with Gasteiger partial charge in [0.2, 0.25) is 11.8 Å². The van der Waals surface area contributed by atoms with E-state index in [1.54, 1.807) is 18.2 Å². The van der Waals surface area contributed by atoms with Crippen LogP contribution in [0.25, 0.3) is 0 Å². The monoisotopic (exact) mass is 317 g/mol. The summed E-state index contributed by atoms with van der Waals surface area (Å²) >= 11 is 0. The topological polar surface area (TPSA) is 86.8 Å². The van der Waals surface area contributed by atoms with Crippen molar-refractivity contribution in [2.24, 2.45) is 0 Å². The molecule has 1 aliphatic rings. The molecule has 1 fully saturated rings. The summed E-state index contributed by atoms with van der Waals surface area (Å²) in [5.41, 5.74) is 1.30. The molecule has 2 rings (SSSR count). The van der Waals surface area contributed by atoms with E-state index >= 15 is 0 Å². The van der Waals surface area contributed by atoms with Crippen molar-refractivity contribution >= 4 is 29.7 Å². The summed E-state index contributed by atoms with van der Waals surface area (Å²) in [5, 5.41) is 2.22. The molecule has 1 aromatic carbocycles. The molecule has 1 N–H and O–H groups in total. The Morgan fingerprint density at radius 2 is 1.96 bits per heavy atom. The average molecular weight is 317 g/mol. The van der Waals surface area contributed by atoms with E-state index in [2.05, 4.69) is 5.32 Å². The van der Waals surface area contributed by atoms with E-state index in [1.807, 2.05) is 19.0 Å². The maximum atomic E-state index is 12.6. The first kappa shape index (κ1) is 16.7. The zero-order valence-electron chi connectivity index (χ0n) is 13.3. The predicted molar refractivity (Wildman–Crippen MR) is 84.4 cm³/mol. The van der Waals surface area contributed by atoms with Crippen LogP contribution in [-0.2, 0) is 9.59 Å². The van der Waals surface area contributed by atoms with Crippen LogP contribution in [0, 0.1) is 0 Å². The number of amides is 3. The first-order chi connectivity index (χ1) is 10.8. The maximum Gasteiger partial charge on any atom is 0.255 e. The number of anilines is 1. The molecule has 1 atom stereocenters. The van der Waals surface area contributed by atoms with Crippen LogP contribution >= 0.6 is 0 Å². The quantitative estimate of drug-likeness (QED) is 0.643. The van der Waals surface area contributed by atoms with E-state index in [1.165, 1.54) is 11.9 Å². The van der Waals surface area contributed by atoms with Crippen molar-refractivity contribution in [2.45, 2.75) is 18.9 Å². The SMILES string of the molecule is CN(C)c1ccc(C(=O)N(C)C2CCC(=O)NC2=O)c(C=O)c1. The van der Waals surface area contributed by atoms with Crippen LogP contribution in [0.5, 0.6) is 0 Å². The Balaban J connectivity index is 2.27. The molecule has 23 heavy (non-hydrogen) atoms. The van der Waals surface area contributed by atoms with Gasteiger partial charge in [-0.25, -0.2) is 0 Å². The second kappa shape index (κ2) is 6.60. The Hall–Kier alpha value is -2.70. The molecule has 0 aliphatic carbocycles. The molecule has 0 radical (unpaired) electrons. The van der Waals surface area contributed by atoms with Gasteiger partial charge in [0.1, 0.15) is 6.04 Å². The number of hydrogen-bond donors (Lipinski definition) is 1. The smallest absolute Gasteiger partial charge is 0.255 e. The van der Waals surface area contributed by atoms with E-state index in [0.717, 1.165) is 5.69 Å². The van der Waals surface area contributed by atoms with Crippen molar-refractivity contribution in [3.05, 3.63) is 29.3 Å².